The van der Waals surface area contributed by atoms with Crippen molar-refractivity contribution in [3.05, 3.63) is 95.6 Å². The van der Waals surface area contributed by atoms with Crippen molar-refractivity contribution in [2.24, 2.45) is 0 Å². The lowest BCUT2D eigenvalue weighted by atomic mass is 10.0. The van der Waals surface area contributed by atoms with Crippen LogP contribution in [0.3, 0.4) is 0 Å². The summed E-state index contributed by atoms with van der Waals surface area (Å²) < 4.78 is 6.22. The lowest BCUT2D eigenvalue weighted by Gasteiger charge is -2.33. The van der Waals surface area contributed by atoms with Gasteiger partial charge in [0.15, 0.2) is 0 Å². The van der Waals surface area contributed by atoms with Gasteiger partial charge in [-0.15, -0.1) is 0 Å². The van der Waals surface area contributed by atoms with Gasteiger partial charge in [0.05, 0.1) is 0 Å². The van der Waals surface area contributed by atoms with E-state index in [-0.39, 0.29) is 6.04 Å². The molecule has 24 heavy (non-hydrogen) atoms. The maximum Gasteiger partial charge on any atom is 0.132 e. The van der Waals surface area contributed by atoms with Gasteiger partial charge in [-0.3, -0.25) is 4.90 Å². The van der Waals surface area contributed by atoms with Crippen molar-refractivity contribution < 1.29 is 4.74 Å². The van der Waals surface area contributed by atoms with Crippen molar-refractivity contribution in [2.45, 2.75) is 26.1 Å². The molecule has 120 valence electrons. The molecule has 1 heterocycles. The fourth-order valence-corrected chi connectivity index (χ4v) is 3.33. The van der Waals surface area contributed by atoms with Gasteiger partial charge in [-0.05, 0) is 24.6 Å². The quantitative estimate of drug-likeness (QED) is 0.614. The highest BCUT2D eigenvalue weighted by atomic mass is 16.5. The van der Waals surface area contributed by atoms with Crippen molar-refractivity contribution in [2.75, 3.05) is 0 Å². The van der Waals surface area contributed by atoms with Crippen LogP contribution in [0.2, 0.25) is 0 Å². The number of ether oxygens (including phenoxy) is 1. The van der Waals surface area contributed by atoms with Crippen molar-refractivity contribution in [3.8, 4) is 11.5 Å². The zero-order valence-electron chi connectivity index (χ0n) is 13.9. The Labute approximate surface area is 143 Å². The summed E-state index contributed by atoms with van der Waals surface area (Å²) >= 11 is 0. The average Bonchev–Trinajstić information content (AvgIpc) is 2.62. The standard InChI is InChI=1S/C22H21NO/c1-17-20-12-6-8-14-22(20)24-21-13-7-5-11-19(21)16-23(17)15-18-9-3-2-4-10-18/h2-14,17H,15-16H2,1H3/t17-/m1/s1. The number of hydrogen-bond acceptors (Lipinski definition) is 2. The van der Waals surface area contributed by atoms with E-state index in [0.717, 1.165) is 24.6 Å². The van der Waals surface area contributed by atoms with E-state index in [2.05, 4.69) is 78.6 Å². The van der Waals surface area contributed by atoms with Crippen molar-refractivity contribution in [1.29, 1.82) is 0 Å². The minimum atomic E-state index is 0.287. The number of rotatable bonds is 2. The molecule has 0 bridgehead atoms. The van der Waals surface area contributed by atoms with E-state index in [1.165, 1.54) is 16.7 Å². The molecule has 0 amide bonds. The third-order valence-corrected chi connectivity index (χ3v) is 4.71. The second-order valence-corrected chi connectivity index (χ2v) is 6.31. The molecule has 0 unspecified atom stereocenters. The summed E-state index contributed by atoms with van der Waals surface area (Å²) in [6.07, 6.45) is 0. The number of benzene rings is 3. The highest BCUT2D eigenvalue weighted by molar-refractivity contribution is 5.44. The van der Waals surface area contributed by atoms with Crippen LogP contribution in [-0.2, 0) is 13.1 Å². The van der Waals surface area contributed by atoms with Gasteiger partial charge in [0.1, 0.15) is 11.5 Å². The average molecular weight is 315 g/mol. The Balaban J connectivity index is 1.76. The molecule has 0 saturated carbocycles. The molecule has 3 aromatic carbocycles. The van der Waals surface area contributed by atoms with Crippen LogP contribution in [0, 0.1) is 0 Å². The minimum Gasteiger partial charge on any atom is -0.457 e. The van der Waals surface area contributed by atoms with E-state index in [9.17, 15) is 0 Å². The van der Waals surface area contributed by atoms with Gasteiger partial charge in [0, 0.05) is 30.3 Å². The Morgan fingerprint density at radius 2 is 1.50 bits per heavy atom. The summed E-state index contributed by atoms with van der Waals surface area (Å²) in [5.41, 5.74) is 3.80. The molecular formula is C22H21NO. The van der Waals surface area contributed by atoms with Crippen LogP contribution < -0.4 is 4.74 Å². The van der Waals surface area contributed by atoms with Gasteiger partial charge in [0.25, 0.3) is 0 Å². The highest BCUT2D eigenvalue weighted by Crippen LogP contribution is 2.38. The number of nitrogens with zero attached hydrogens (tertiary/aromatic N) is 1. The molecular weight excluding hydrogens is 294 g/mol. The third-order valence-electron chi connectivity index (χ3n) is 4.71. The SMILES string of the molecule is C[C@@H]1c2ccccc2Oc2ccccc2CN1Cc1ccccc1. The third kappa shape index (κ3) is 2.93. The molecule has 0 aliphatic carbocycles. The molecule has 0 N–H and O–H groups in total. The monoisotopic (exact) mass is 315 g/mol. The smallest absolute Gasteiger partial charge is 0.132 e. The normalized spacial score (nSPS) is 17.1. The predicted molar refractivity (Wildman–Crippen MR) is 97.1 cm³/mol. The van der Waals surface area contributed by atoms with Crippen LogP contribution >= 0.6 is 0 Å². The first kappa shape index (κ1) is 15.0. The fraction of sp³-hybridized carbons (Fsp3) is 0.182. The van der Waals surface area contributed by atoms with Crippen molar-refractivity contribution in [1.82, 2.24) is 4.90 Å². The molecule has 3 aromatic rings. The maximum absolute atomic E-state index is 6.22. The molecule has 0 radical (unpaired) electrons. The van der Waals surface area contributed by atoms with Gasteiger partial charge in [0.2, 0.25) is 0 Å². The largest absolute Gasteiger partial charge is 0.457 e. The summed E-state index contributed by atoms with van der Waals surface area (Å²) in [6.45, 7) is 4.06. The van der Waals surface area contributed by atoms with Crippen LogP contribution in [0.25, 0.3) is 0 Å². The second kappa shape index (κ2) is 6.50. The Morgan fingerprint density at radius 3 is 2.33 bits per heavy atom. The second-order valence-electron chi connectivity index (χ2n) is 6.31. The predicted octanol–water partition coefficient (Wildman–Crippen LogP) is 5.56. The minimum absolute atomic E-state index is 0.287. The van der Waals surface area contributed by atoms with E-state index >= 15 is 0 Å². The molecule has 1 aliphatic rings. The van der Waals surface area contributed by atoms with Gasteiger partial charge in [-0.25, -0.2) is 0 Å². The lowest BCUT2D eigenvalue weighted by molar-refractivity contribution is 0.182. The van der Waals surface area contributed by atoms with Gasteiger partial charge in [-0.1, -0.05) is 66.7 Å². The first-order chi connectivity index (χ1) is 11.8. The first-order valence-corrected chi connectivity index (χ1v) is 8.44. The Morgan fingerprint density at radius 1 is 0.833 bits per heavy atom. The highest BCUT2D eigenvalue weighted by Gasteiger charge is 2.24. The molecule has 1 atom stereocenters. The van der Waals surface area contributed by atoms with E-state index in [0.29, 0.717) is 0 Å². The summed E-state index contributed by atoms with van der Waals surface area (Å²) in [6, 6.07) is 27.7. The Kier molecular flexibility index (Phi) is 4.06. The summed E-state index contributed by atoms with van der Waals surface area (Å²) in [7, 11) is 0. The van der Waals surface area contributed by atoms with Gasteiger partial charge in [-0.2, -0.15) is 0 Å². The zero-order valence-corrected chi connectivity index (χ0v) is 13.9. The van der Waals surface area contributed by atoms with Gasteiger partial charge >= 0.3 is 0 Å². The topological polar surface area (TPSA) is 12.5 Å². The Hall–Kier alpha value is -2.58. The van der Waals surface area contributed by atoms with Crippen LogP contribution in [0.15, 0.2) is 78.9 Å². The first-order valence-electron chi connectivity index (χ1n) is 8.44. The Bertz CT molecular complexity index is 828. The number of para-hydroxylation sites is 2. The van der Waals surface area contributed by atoms with E-state index in [4.69, 9.17) is 4.74 Å². The van der Waals surface area contributed by atoms with E-state index in [1.807, 2.05) is 12.1 Å². The summed E-state index contributed by atoms with van der Waals surface area (Å²) in [5.74, 6) is 1.91. The molecule has 0 saturated heterocycles. The summed E-state index contributed by atoms with van der Waals surface area (Å²) in [5, 5.41) is 0. The molecule has 0 fully saturated rings. The molecule has 2 nitrogen and oxygen atoms in total. The number of fused-ring (bicyclic) bond motifs is 2. The number of hydrogen-bond donors (Lipinski definition) is 0. The fourth-order valence-electron chi connectivity index (χ4n) is 3.33. The molecule has 0 spiro atoms. The van der Waals surface area contributed by atoms with Crippen LogP contribution in [-0.4, -0.2) is 4.90 Å². The maximum atomic E-state index is 6.22. The van der Waals surface area contributed by atoms with Gasteiger partial charge < -0.3 is 4.74 Å². The molecule has 1 aliphatic heterocycles. The van der Waals surface area contributed by atoms with Crippen LogP contribution in [0.5, 0.6) is 11.5 Å². The van der Waals surface area contributed by atoms with Crippen LogP contribution in [0.1, 0.15) is 29.7 Å². The van der Waals surface area contributed by atoms with Crippen molar-refractivity contribution in [3.63, 3.8) is 0 Å². The lowest BCUT2D eigenvalue weighted by Crippen LogP contribution is -2.28. The van der Waals surface area contributed by atoms with E-state index < -0.39 is 0 Å². The van der Waals surface area contributed by atoms with E-state index in [1.54, 1.807) is 0 Å². The molecule has 0 aromatic heterocycles. The van der Waals surface area contributed by atoms with Crippen LogP contribution in [0.4, 0.5) is 0 Å². The molecule has 2 heteroatoms. The summed E-state index contributed by atoms with van der Waals surface area (Å²) in [4.78, 5) is 2.51. The molecule has 4 rings (SSSR count). The zero-order chi connectivity index (χ0) is 16.4. The van der Waals surface area contributed by atoms with Crippen molar-refractivity contribution >= 4 is 0 Å².